The van der Waals surface area contributed by atoms with Crippen molar-refractivity contribution in [1.82, 2.24) is 4.31 Å². The standard InChI is InChI=1S/C22H29NO2S/c1-21(2,3)16-22(4)14-15-23(17-22)26(24,25)20-12-10-19(11-13-20)18-8-6-5-7-9-18/h5-13H,14-17H2,1-4H3. The number of benzene rings is 2. The molecule has 0 saturated carbocycles. The van der Waals surface area contributed by atoms with Gasteiger partial charge in [0, 0.05) is 13.1 Å². The molecule has 2 aromatic rings. The van der Waals surface area contributed by atoms with E-state index in [0.29, 0.717) is 18.0 Å². The first kappa shape index (κ1) is 19.1. The highest BCUT2D eigenvalue weighted by atomic mass is 32.2. The molecular formula is C22H29NO2S. The van der Waals surface area contributed by atoms with Crippen LogP contribution in [0.2, 0.25) is 0 Å². The molecule has 3 rings (SSSR count). The molecule has 2 aromatic carbocycles. The third-order valence-corrected chi connectivity index (χ3v) is 6.94. The highest BCUT2D eigenvalue weighted by Gasteiger charge is 2.41. The minimum Gasteiger partial charge on any atom is -0.207 e. The third kappa shape index (κ3) is 4.18. The van der Waals surface area contributed by atoms with E-state index in [0.717, 1.165) is 24.0 Å². The predicted octanol–water partition coefficient (Wildman–Crippen LogP) is 5.19. The lowest BCUT2D eigenvalue weighted by molar-refractivity contribution is 0.204. The van der Waals surface area contributed by atoms with E-state index in [-0.39, 0.29) is 10.8 Å². The minimum atomic E-state index is -3.43. The molecule has 0 bridgehead atoms. The summed E-state index contributed by atoms with van der Waals surface area (Å²) in [5, 5.41) is 0. The minimum absolute atomic E-state index is 0.0509. The Morgan fingerprint density at radius 1 is 0.962 bits per heavy atom. The fourth-order valence-electron chi connectivity index (χ4n) is 4.21. The van der Waals surface area contributed by atoms with E-state index in [4.69, 9.17) is 0 Å². The fraction of sp³-hybridized carbons (Fsp3) is 0.455. The highest BCUT2D eigenvalue weighted by Crippen LogP contribution is 2.42. The van der Waals surface area contributed by atoms with Crippen LogP contribution in [0.4, 0.5) is 0 Å². The molecule has 1 heterocycles. The van der Waals surface area contributed by atoms with Crippen molar-refractivity contribution in [3.05, 3.63) is 54.6 Å². The van der Waals surface area contributed by atoms with Gasteiger partial charge in [-0.2, -0.15) is 4.31 Å². The molecule has 0 amide bonds. The molecule has 1 fully saturated rings. The second-order valence-corrected chi connectivity index (χ2v) is 11.0. The second kappa shape index (κ2) is 6.82. The Labute approximate surface area is 158 Å². The van der Waals surface area contributed by atoms with Crippen molar-refractivity contribution in [2.24, 2.45) is 10.8 Å². The number of hydrogen-bond acceptors (Lipinski definition) is 2. The third-order valence-electron chi connectivity index (χ3n) is 5.08. The van der Waals surface area contributed by atoms with Gasteiger partial charge in [-0.3, -0.25) is 0 Å². The van der Waals surface area contributed by atoms with Crippen LogP contribution in [-0.2, 0) is 10.0 Å². The van der Waals surface area contributed by atoms with Crippen molar-refractivity contribution in [2.45, 2.75) is 45.4 Å². The molecule has 1 atom stereocenters. The monoisotopic (exact) mass is 371 g/mol. The van der Waals surface area contributed by atoms with E-state index in [1.54, 1.807) is 16.4 Å². The van der Waals surface area contributed by atoms with Crippen molar-refractivity contribution >= 4 is 10.0 Å². The number of sulfonamides is 1. The molecule has 0 aromatic heterocycles. The van der Waals surface area contributed by atoms with E-state index in [1.165, 1.54) is 0 Å². The highest BCUT2D eigenvalue weighted by molar-refractivity contribution is 7.89. The summed E-state index contributed by atoms with van der Waals surface area (Å²) in [6, 6.07) is 17.3. The van der Waals surface area contributed by atoms with Gasteiger partial charge in [0.25, 0.3) is 0 Å². The Hall–Kier alpha value is -1.65. The molecular weight excluding hydrogens is 342 g/mol. The summed E-state index contributed by atoms with van der Waals surface area (Å²) < 4.78 is 27.8. The zero-order valence-corrected chi connectivity index (χ0v) is 17.0. The van der Waals surface area contributed by atoms with E-state index in [1.807, 2.05) is 42.5 Å². The van der Waals surface area contributed by atoms with Gasteiger partial charge in [0.1, 0.15) is 0 Å². The Bertz CT molecular complexity index is 851. The second-order valence-electron chi connectivity index (χ2n) is 9.03. The molecule has 1 aliphatic heterocycles. The fourth-order valence-corrected chi connectivity index (χ4v) is 5.80. The van der Waals surface area contributed by atoms with E-state index < -0.39 is 10.0 Å². The predicted molar refractivity (Wildman–Crippen MR) is 107 cm³/mol. The first-order valence-electron chi connectivity index (χ1n) is 9.25. The van der Waals surface area contributed by atoms with E-state index in [2.05, 4.69) is 27.7 Å². The van der Waals surface area contributed by atoms with Gasteiger partial charge >= 0.3 is 0 Å². The van der Waals surface area contributed by atoms with E-state index >= 15 is 0 Å². The first-order chi connectivity index (χ1) is 12.1. The molecule has 0 aliphatic carbocycles. The largest absolute Gasteiger partial charge is 0.243 e. The molecule has 1 saturated heterocycles. The van der Waals surface area contributed by atoms with Gasteiger partial charge in [0.2, 0.25) is 10.0 Å². The van der Waals surface area contributed by atoms with Crippen molar-refractivity contribution in [3.8, 4) is 11.1 Å². The van der Waals surface area contributed by atoms with Crippen molar-refractivity contribution < 1.29 is 8.42 Å². The maximum absolute atomic E-state index is 13.1. The summed E-state index contributed by atoms with van der Waals surface area (Å²) in [5.41, 5.74) is 2.38. The average Bonchev–Trinajstić information content (AvgIpc) is 2.96. The molecule has 0 N–H and O–H groups in total. The van der Waals surface area contributed by atoms with Crippen LogP contribution in [0.1, 0.15) is 40.5 Å². The Balaban J connectivity index is 1.79. The van der Waals surface area contributed by atoms with Gasteiger partial charge in [-0.25, -0.2) is 8.42 Å². The summed E-state index contributed by atoms with van der Waals surface area (Å²) in [6.07, 6.45) is 1.95. The van der Waals surface area contributed by atoms with Crippen LogP contribution in [0.25, 0.3) is 11.1 Å². The van der Waals surface area contributed by atoms with Crippen molar-refractivity contribution in [2.75, 3.05) is 13.1 Å². The normalized spacial score (nSPS) is 21.8. The maximum Gasteiger partial charge on any atom is 0.243 e. The van der Waals surface area contributed by atoms with Crippen LogP contribution in [0, 0.1) is 10.8 Å². The van der Waals surface area contributed by atoms with Gasteiger partial charge in [-0.05, 0) is 46.9 Å². The zero-order chi connectivity index (χ0) is 19.0. The number of rotatable bonds is 4. The van der Waals surface area contributed by atoms with Crippen LogP contribution >= 0.6 is 0 Å². The van der Waals surface area contributed by atoms with Gasteiger partial charge in [0.05, 0.1) is 4.90 Å². The Kier molecular flexibility index (Phi) is 5.02. The summed E-state index contributed by atoms with van der Waals surface area (Å²) >= 11 is 0. The molecule has 1 aliphatic rings. The molecule has 4 heteroatoms. The molecule has 1 unspecified atom stereocenters. The maximum atomic E-state index is 13.1. The zero-order valence-electron chi connectivity index (χ0n) is 16.2. The Morgan fingerprint density at radius 3 is 2.12 bits per heavy atom. The average molecular weight is 372 g/mol. The van der Waals surface area contributed by atoms with Gasteiger partial charge in [-0.15, -0.1) is 0 Å². The smallest absolute Gasteiger partial charge is 0.207 e. The molecule has 140 valence electrons. The summed E-state index contributed by atoms with van der Waals surface area (Å²) in [4.78, 5) is 0.386. The van der Waals surface area contributed by atoms with Crippen LogP contribution in [0.5, 0.6) is 0 Å². The molecule has 0 radical (unpaired) electrons. The summed E-state index contributed by atoms with van der Waals surface area (Å²) in [7, 11) is -3.43. The lowest BCUT2D eigenvalue weighted by Gasteiger charge is -2.32. The summed E-state index contributed by atoms with van der Waals surface area (Å²) in [5.74, 6) is 0. The van der Waals surface area contributed by atoms with Crippen molar-refractivity contribution in [1.29, 1.82) is 0 Å². The quantitative estimate of drug-likeness (QED) is 0.741. The molecule has 26 heavy (non-hydrogen) atoms. The number of nitrogens with zero attached hydrogens (tertiary/aromatic N) is 1. The van der Waals surface area contributed by atoms with Gasteiger partial charge < -0.3 is 0 Å². The van der Waals surface area contributed by atoms with Crippen LogP contribution in [-0.4, -0.2) is 25.8 Å². The SMILES string of the molecule is CC(C)(C)CC1(C)CCN(S(=O)(=O)c2ccc(-c3ccccc3)cc2)C1. The number of hydrogen-bond donors (Lipinski definition) is 0. The lowest BCUT2D eigenvalue weighted by atomic mass is 9.74. The van der Waals surface area contributed by atoms with Crippen LogP contribution in [0.15, 0.2) is 59.5 Å². The molecule has 0 spiro atoms. The first-order valence-corrected chi connectivity index (χ1v) is 10.7. The Morgan fingerprint density at radius 2 is 1.54 bits per heavy atom. The molecule has 3 nitrogen and oxygen atoms in total. The van der Waals surface area contributed by atoms with Gasteiger partial charge in [0.15, 0.2) is 0 Å². The van der Waals surface area contributed by atoms with E-state index in [9.17, 15) is 8.42 Å². The van der Waals surface area contributed by atoms with Gasteiger partial charge in [-0.1, -0.05) is 70.2 Å². The topological polar surface area (TPSA) is 37.4 Å². The van der Waals surface area contributed by atoms with Crippen molar-refractivity contribution in [3.63, 3.8) is 0 Å². The van der Waals surface area contributed by atoms with Crippen LogP contribution < -0.4 is 0 Å². The lowest BCUT2D eigenvalue weighted by Crippen LogP contribution is -2.32. The summed E-state index contributed by atoms with van der Waals surface area (Å²) in [6.45, 7) is 10.1. The van der Waals surface area contributed by atoms with Crippen LogP contribution in [0.3, 0.4) is 0 Å².